The molecule has 1 saturated heterocycles. The Hall–Kier alpha value is -1.94. The summed E-state index contributed by atoms with van der Waals surface area (Å²) in [4.78, 5) is 17.7. The molecule has 8 heteroatoms. The predicted molar refractivity (Wildman–Crippen MR) is 130 cm³/mol. The van der Waals surface area contributed by atoms with Crippen molar-refractivity contribution in [3.63, 3.8) is 0 Å². The lowest BCUT2D eigenvalue weighted by molar-refractivity contribution is 0.260. The first-order valence-electron chi connectivity index (χ1n) is 10.00. The molecule has 1 fully saturated rings. The highest BCUT2D eigenvalue weighted by molar-refractivity contribution is 14.0. The number of guanidine groups is 1. The summed E-state index contributed by atoms with van der Waals surface area (Å²) < 4.78 is 0. The monoisotopic (exact) mass is 509 g/mol. The van der Waals surface area contributed by atoms with Gasteiger partial charge in [0.2, 0.25) is 5.95 Å². The molecule has 1 atom stereocenters. The van der Waals surface area contributed by atoms with E-state index in [2.05, 4.69) is 72.6 Å². The van der Waals surface area contributed by atoms with Gasteiger partial charge in [-0.3, -0.25) is 9.89 Å². The van der Waals surface area contributed by atoms with E-state index in [0.717, 1.165) is 57.7 Å². The van der Waals surface area contributed by atoms with Crippen LogP contribution in [0.3, 0.4) is 0 Å². The molecule has 0 radical (unpaired) electrons. The van der Waals surface area contributed by atoms with Crippen molar-refractivity contribution in [2.24, 2.45) is 4.99 Å². The van der Waals surface area contributed by atoms with Crippen molar-refractivity contribution in [2.75, 3.05) is 57.8 Å². The van der Waals surface area contributed by atoms with Crippen LogP contribution in [-0.4, -0.2) is 73.7 Å². The number of piperazine rings is 1. The average molecular weight is 509 g/mol. The largest absolute Gasteiger partial charge is 0.356 e. The summed E-state index contributed by atoms with van der Waals surface area (Å²) in [6.07, 6.45) is 3.60. The minimum atomic E-state index is 0. The highest BCUT2D eigenvalue weighted by Gasteiger charge is 2.18. The summed E-state index contributed by atoms with van der Waals surface area (Å²) in [5, 5.41) is 6.85. The van der Waals surface area contributed by atoms with E-state index in [9.17, 15) is 0 Å². The van der Waals surface area contributed by atoms with Gasteiger partial charge < -0.3 is 15.5 Å². The molecular weight excluding hydrogens is 477 g/mol. The zero-order chi connectivity index (χ0) is 19.6. The van der Waals surface area contributed by atoms with E-state index in [1.807, 2.05) is 13.1 Å². The van der Waals surface area contributed by atoms with Crippen molar-refractivity contribution in [3.05, 3.63) is 54.4 Å². The Morgan fingerprint density at radius 1 is 1.03 bits per heavy atom. The highest BCUT2D eigenvalue weighted by atomic mass is 127. The molecule has 0 amide bonds. The van der Waals surface area contributed by atoms with Gasteiger partial charge in [0.05, 0.1) is 0 Å². The van der Waals surface area contributed by atoms with E-state index in [-0.39, 0.29) is 24.0 Å². The van der Waals surface area contributed by atoms with Crippen LogP contribution >= 0.6 is 24.0 Å². The SMILES string of the molecule is CN=C(NCCN1CCN(c2ncccn2)CC1)NCC(C)c1ccccc1.I. The Balaban J connectivity index is 0.00000300. The molecule has 158 valence electrons. The van der Waals surface area contributed by atoms with E-state index in [1.165, 1.54) is 5.56 Å². The maximum Gasteiger partial charge on any atom is 0.225 e. The molecular formula is C21H32IN7. The van der Waals surface area contributed by atoms with Crippen LogP contribution in [0.25, 0.3) is 0 Å². The van der Waals surface area contributed by atoms with E-state index in [0.29, 0.717) is 5.92 Å². The van der Waals surface area contributed by atoms with Gasteiger partial charge in [0.15, 0.2) is 5.96 Å². The first kappa shape index (κ1) is 23.3. The Morgan fingerprint density at radius 2 is 1.72 bits per heavy atom. The molecule has 1 aliphatic rings. The third kappa shape index (κ3) is 7.43. The summed E-state index contributed by atoms with van der Waals surface area (Å²) in [7, 11) is 1.82. The molecule has 0 bridgehead atoms. The van der Waals surface area contributed by atoms with Gasteiger partial charge in [-0.1, -0.05) is 37.3 Å². The van der Waals surface area contributed by atoms with E-state index < -0.39 is 0 Å². The van der Waals surface area contributed by atoms with E-state index in [4.69, 9.17) is 0 Å². The van der Waals surface area contributed by atoms with E-state index >= 15 is 0 Å². The number of halogens is 1. The highest BCUT2D eigenvalue weighted by Crippen LogP contribution is 2.13. The van der Waals surface area contributed by atoms with Crippen molar-refractivity contribution in [3.8, 4) is 0 Å². The van der Waals surface area contributed by atoms with Crippen molar-refractivity contribution >= 4 is 35.9 Å². The standard InChI is InChI=1S/C21H31N7.HI/c1-18(19-7-4-3-5-8-19)17-26-20(22-2)23-11-12-27-13-15-28(16-14-27)21-24-9-6-10-25-21;/h3-10,18H,11-17H2,1-2H3,(H2,22,23,26);1H. The van der Waals surface area contributed by atoms with Gasteiger partial charge in [-0.05, 0) is 17.5 Å². The summed E-state index contributed by atoms with van der Waals surface area (Å²) >= 11 is 0. The molecule has 2 heterocycles. The van der Waals surface area contributed by atoms with Crippen molar-refractivity contribution in [2.45, 2.75) is 12.8 Å². The fourth-order valence-electron chi connectivity index (χ4n) is 3.33. The first-order valence-corrected chi connectivity index (χ1v) is 10.00. The lowest BCUT2D eigenvalue weighted by Gasteiger charge is -2.34. The number of nitrogens with one attached hydrogen (secondary N) is 2. The smallest absolute Gasteiger partial charge is 0.225 e. The molecule has 1 aromatic heterocycles. The number of anilines is 1. The van der Waals surface area contributed by atoms with Gasteiger partial charge in [-0.15, -0.1) is 24.0 Å². The van der Waals surface area contributed by atoms with Crippen LogP contribution in [0.2, 0.25) is 0 Å². The second-order valence-corrected chi connectivity index (χ2v) is 7.07. The number of nitrogens with zero attached hydrogens (tertiary/aromatic N) is 5. The van der Waals surface area contributed by atoms with Gasteiger partial charge in [-0.25, -0.2) is 9.97 Å². The van der Waals surface area contributed by atoms with Gasteiger partial charge in [0, 0.05) is 65.3 Å². The molecule has 2 N–H and O–H groups in total. The van der Waals surface area contributed by atoms with Gasteiger partial charge in [0.25, 0.3) is 0 Å². The zero-order valence-corrected chi connectivity index (χ0v) is 19.6. The third-order valence-corrected chi connectivity index (χ3v) is 5.10. The number of hydrogen-bond donors (Lipinski definition) is 2. The number of rotatable bonds is 7. The average Bonchev–Trinajstić information content (AvgIpc) is 2.77. The third-order valence-electron chi connectivity index (χ3n) is 5.10. The maximum atomic E-state index is 4.34. The Kier molecular flexibility index (Phi) is 10.1. The van der Waals surface area contributed by atoms with Crippen molar-refractivity contribution in [1.29, 1.82) is 0 Å². The normalized spacial score (nSPS) is 16.1. The number of aliphatic imine (C=N–C) groups is 1. The summed E-state index contributed by atoms with van der Waals surface area (Å²) in [6.45, 7) is 8.94. The number of hydrogen-bond acceptors (Lipinski definition) is 5. The Labute approximate surface area is 191 Å². The van der Waals surface area contributed by atoms with Crippen molar-refractivity contribution in [1.82, 2.24) is 25.5 Å². The molecule has 0 aliphatic carbocycles. The molecule has 1 aliphatic heterocycles. The second-order valence-electron chi connectivity index (χ2n) is 7.07. The van der Waals surface area contributed by atoms with Crippen LogP contribution in [0.15, 0.2) is 53.8 Å². The van der Waals surface area contributed by atoms with Gasteiger partial charge >= 0.3 is 0 Å². The number of aromatic nitrogens is 2. The maximum absolute atomic E-state index is 4.34. The molecule has 1 aromatic carbocycles. The van der Waals surface area contributed by atoms with Crippen LogP contribution in [0.1, 0.15) is 18.4 Å². The van der Waals surface area contributed by atoms with Crippen LogP contribution in [0, 0.1) is 0 Å². The Bertz CT molecular complexity index is 718. The predicted octanol–water partition coefficient (Wildman–Crippen LogP) is 2.19. The summed E-state index contributed by atoms with van der Waals surface area (Å²) in [6, 6.07) is 12.4. The molecule has 2 aromatic rings. The molecule has 0 saturated carbocycles. The van der Waals surface area contributed by atoms with Crippen molar-refractivity contribution < 1.29 is 0 Å². The quantitative estimate of drug-likeness (QED) is 0.339. The summed E-state index contributed by atoms with van der Waals surface area (Å²) in [5.74, 6) is 2.13. The van der Waals surface area contributed by atoms with Crippen LogP contribution in [0.4, 0.5) is 5.95 Å². The molecule has 1 unspecified atom stereocenters. The molecule has 3 rings (SSSR count). The molecule has 29 heavy (non-hydrogen) atoms. The first-order chi connectivity index (χ1) is 13.8. The van der Waals surface area contributed by atoms with Gasteiger partial charge in [0.1, 0.15) is 0 Å². The zero-order valence-electron chi connectivity index (χ0n) is 17.3. The lowest BCUT2D eigenvalue weighted by Crippen LogP contribution is -2.49. The van der Waals surface area contributed by atoms with E-state index in [1.54, 1.807) is 12.4 Å². The van der Waals surface area contributed by atoms with Gasteiger partial charge in [-0.2, -0.15) is 0 Å². The van der Waals surface area contributed by atoms with Crippen LogP contribution in [-0.2, 0) is 0 Å². The van der Waals surface area contributed by atoms with Crippen LogP contribution < -0.4 is 15.5 Å². The van der Waals surface area contributed by atoms with Crippen LogP contribution in [0.5, 0.6) is 0 Å². The molecule has 0 spiro atoms. The Morgan fingerprint density at radius 3 is 2.38 bits per heavy atom. The molecule has 7 nitrogen and oxygen atoms in total. The summed E-state index contributed by atoms with van der Waals surface area (Å²) in [5.41, 5.74) is 1.34. The topological polar surface area (TPSA) is 68.7 Å². The lowest BCUT2D eigenvalue weighted by atomic mass is 10.0. The fraction of sp³-hybridized carbons (Fsp3) is 0.476. The minimum absolute atomic E-state index is 0. The number of benzene rings is 1. The minimum Gasteiger partial charge on any atom is -0.356 e. The second kappa shape index (κ2) is 12.6. The fourth-order valence-corrected chi connectivity index (χ4v) is 3.33.